The van der Waals surface area contributed by atoms with Crippen molar-refractivity contribution in [3.63, 3.8) is 0 Å². The molecule has 2 N–H and O–H groups in total. The molecule has 1 aliphatic rings. The lowest BCUT2D eigenvalue weighted by Gasteiger charge is -2.28. The van der Waals surface area contributed by atoms with E-state index in [1.807, 2.05) is 35.6 Å². The van der Waals surface area contributed by atoms with Gasteiger partial charge in [-0.2, -0.15) is 0 Å². The van der Waals surface area contributed by atoms with Crippen LogP contribution < -0.4 is 5.73 Å². The average Bonchev–Trinajstić information content (AvgIpc) is 3.10. The van der Waals surface area contributed by atoms with Gasteiger partial charge in [0.15, 0.2) is 0 Å². The van der Waals surface area contributed by atoms with Crippen LogP contribution in [0.3, 0.4) is 0 Å². The van der Waals surface area contributed by atoms with Crippen molar-refractivity contribution in [3.8, 4) is 0 Å². The van der Waals surface area contributed by atoms with Crippen LogP contribution in [0.15, 0.2) is 46.9 Å². The number of para-hydroxylation sites is 1. The van der Waals surface area contributed by atoms with Crippen LogP contribution in [0.5, 0.6) is 0 Å². The van der Waals surface area contributed by atoms with Crippen LogP contribution >= 0.6 is 0 Å². The van der Waals surface area contributed by atoms with Gasteiger partial charge in [-0.3, -0.25) is 0 Å². The largest absolute Gasteiger partial charge is 0.464 e. The summed E-state index contributed by atoms with van der Waals surface area (Å²) in [7, 11) is 0. The summed E-state index contributed by atoms with van der Waals surface area (Å²) in [4.78, 5) is 5.77. The molecule has 2 aromatic rings. The average molecular weight is 300 g/mol. The number of fused-ring (bicyclic) bond motifs is 1. The van der Waals surface area contributed by atoms with Crippen molar-refractivity contribution in [2.75, 3.05) is 0 Å². The number of furan rings is 1. The zero-order valence-electron chi connectivity index (χ0n) is 13.3. The van der Waals surface area contributed by atoms with Crippen LogP contribution in [0.4, 0.5) is 0 Å². The summed E-state index contributed by atoms with van der Waals surface area (Å²) in [6, 6.07) is 8.39. The topological polar surface area (TPSA) is 51.6 Å². The zero-order chi connectivity index (χ0) is 15.5. The minimum absolute atomic E-state index is 0.0141. The molecular weight excluding hydrogens is 276 g/mol. The molecule has 1 aliphatic heterocycles. The highest BCUT2D eigenvalue weighted by Gasteiger charge is 2.33. The van der Waals surface area contributed by atoms with Gasteiger partial charge in [0.25, 0.3) is 0 Å². The van der Waals surface area contributed by atoms with E-state index < -0.39 is 0 Å². The summed E-state index contributed by atoms with van der Waals surface area (Å²) in [6.07, 6.45) is 8.56. The van der Waals surface area contributed by atoms with Gasteiger partial charge in [-0.25, -0.2) is 0 Å². The third-order valence-corrected chi connectivity index (χ3v) is 4.30. The molecule has 1 aromatic heterocycles. The summed E-state index contributed by atoms with van der Waals surface area (Å²) in [5, 5.41) is 3.12. The molecule has 0 radical (unpaired) electrons. The number of nitrogens with zero attached hydrogens (tertiary/aromatic N) is 1. The minimum Gasteiger partial charge on any atom is -0.464 e. The number of unbranched alkanes of at least 4 members (excludes halogenated alkanes) is 2. The minimum atomic E-state index is 0.0141. The number of rotatable bonds is 6. The van der Waals surface area contributed by atoms with Crippen LogP contribution in [-0.4, -0.2) is 11.1 Å². The van der Waals surface area contributed by atoms with Crippen LogP contribution in [0.25, 0.3) is 11.0 Å². The van der Waals surface area contributed by atoms with E-state index in [-0.39, 0.29) is 6.04 Å². The van der Waals surface area contributed by atoms with E-state index in [9.17, 15) is 0 Å². The lowest BCUT2D eigenvalue weighted by molar-refractivity contribution is -0.149. The zero-order valence-corrected chi connectivity index (χ0v) is 13.3. The first-order chi connectivity index (χ1) is 10.7. The summed E-state index contributed by atoms with van der Waals surface area (Å²) < 4.78 is 5.67. The van der Waals surface area contributed by atoms with Crippen molar-refractivity contribution in [1.82, 2.24) is 5.06 Å². The Morgan fingerprint density at radius 2 is 2.09 bits per heavy atom. The maximum Gasteiger partial charge on any atom is 0.207 e. The number of nitrogens with two attached hydrogens (primary N) is 1. The summed E-state index contributed by atoms with van der Waals surface area (Å²) in [5.41, 5.74) is 7.93. The molecule has 0 aliphatic carbocycles. The third kappa shape index (κ3) is 2.83. The maximum atomic E-state index is 5.92. The fourth-order valence-electron chi connectivity index (χ4n) is 3.07. The first-order valence-corrected chi connectivity index (χ1v) is 8.10. The van der Waals surface area contributed by atoms with Gasteiger partial charge >= 0.3 is 0 Å². The molecule has 4 nitrogen and oxygen atoms in total. The normalized spacial score (nSPS) is 20.1. The molecule has 1 aromatic carbocycles. The van der Waals surface area contributed by atoms with E-state index in [4.69, 9.17) is 15.0 Å². The Kier molecular flexibility index (Phi) is 4.39. The molecule has 2 heterocycles. The van der Waals surface area contributed by atoms with E-state index >= 15 is 0 Å². The predicted molar refractivity (Wildman–Crippen MR) is 87.8 cm³/mol. The highest BCUT2D eigenvalue weighted by Crippen LogP contribution is 2.37. The SMILES string of the molecule is CCCCCC(C)N1OC(N)=CC1c1coc2ccccc12. The van der Waals surface area contributed by atoms with Gasteiger partial charge in [0.05, 0.1) is 12.3 Å². The molecule has 118 valence electrons. The second-order valence-corrected chi connectivity index (χ2v) is 6.00. The van der Waals surface area contributed by atoms with Gasteiger partial charge in [-0.05, 0) is 19.4 Å². The predicted octanol–water partition coefficient (Wildman–Crippen LogP) is 4.49. The fraction of sp³-hybridized carbons (Fsp3) is 0.444. The summed E-state index contributed by atoms with van der Waals surface area (Å²) >= 11 is 0. The molecular formula is C18H24N2O2. The highest BCUT2D eigenvalue weighted by molar-refractivity contribution is 5.81. The van der Waals surface area contributed by atoms with E-state index in [0.717, 1.165) is 23.0 Å². The number of benzene rings is 1. The van der Waals surface area contributed by atoms with Crippen LogP contribution in [0, 0.1) is 0 Å². The summed E-state index contributed by atoms with van der Waals surface area (Å²) in [5.74, 6) is 0.470. The van der Waals surface area contributed by atoms with E-state index in [2.05, 4.69) is 19.9 Å². The highest BCUT2D eigenvalue weighted by atomic mass is 16.7. The fourth-order valence-corrected chi connectivity index (χ4v) is 3.07. The number of hydroxylamine groups is 2. The summed E-state index contributed by atoms with van der Waals surface area (Å²) in [6.45, 7) is 4.41. The standard InChI is InChI=1S/C18H24N2O2/c1-3-4-5-8-13(2)20-16(11-18(19)22-20)15-12-21-17-10-7-6-9-14(15)17/h6-7,9-13,16H,3-5,8,19H2,1-2H3. The van der Waals surface area contributed by atoms with Gasteiger partial charge in [0.2, 0.25) is 5.88 Å². The third-order valence-electron chi connectivity index (χ3n) is 4.30. The van der Waals surface area contributed by atoms with E-state index in [1.54, 1.807) is 0 Å². The molecule has 2 atom stereocenters. The van der Waals surface area contributed by atoms with Crippen molar-refractivity contribution in [2.45, 2.75) is 51.6 Å². The van der Waals surface area contributed by atoms with Crippen molar-refractivity contribution >= 4 is 11.0 Å². The molecule has 0 bridgehead atoms. The van der Waals surface area contributed by atoms with Crippen molar-refractivity contribution in [2.24, 2.45) is 5.73 Å². The Balaban J connectivity index is 1.83. The molecule has 0 fully saturated rings. The maximum absolute atomic E-state index is 5.92. The Labute approximate surface area is 131 Å². The van der Waals surface area contributed by atoms with E-state index in [0.29, 0.717) is 11.9 Å². The lowest BCUT2D eigenvalue weighted by Crippen LogP contribution is -2.32. The van der Waals surface area contributed by atoms with Gasteiger partial charge in [-0.15, -0.1) is 5.06 Å². The quantitative estimate of drug-likeness (QED) is 0.799. The Morgan fingerprint density at radius 1 is 1.27 bits per heavy atom. The van der Waals surface area contributed by atoms with Gasteiger partial charge in [-0.1, -0.05) is 44.4 Å². The van der Waals surface area contributed by atoms with Crippen molar-refractivity contribution < 1.29 is 9.25 Å². The van der Waals surface area contributed by atoms with Crippen molar-refractivity contribution in [1.29, 1.82) is 0 Å². The second kappa shape index (κ2) is 6.44. The molecule has 0 spiro atoms. The van der Waals surface area contributed by atoms with Crippen LogP contribution in [-0.2, 0) is 4.84 Å². The molecule has 22 heavy (non-hydrogen) atoms. The second-order valence-electron chi connectivity index (χ2n) is 6.00. The molecule has 0 amide bonds. The van der Waals surface area contributed by atoms with E-state index in [1.165, 1.54) is 19.3 Å². The first-order valence-electron chi connectivity index (χ1n) is 8.10. The Hall–Kier alpha value is -1.94. The smallest absolute Gasteiger partial charge is 0.207 e. The molecule has 4 heteroatoms. The van der Waals surface area contributed by atoms with Gasteiger partial charge < -0.3 is 15.0 Å². The van der Waals surface area contributed by atoms with Crippen LogP contribution in [0.2, 0.25) is 0 Å². The molecule has 3 rings (SSSR count). The van der Waals surface area contributed by atoms with Gasteiger partial charge in [0.1, 0.15) is 5.58 Å². The lowest BCUT2D eigenvalue weighted by atomic mass is 10.0. The number of hydrogen-bond acceptors (Lipinski definition) is 4. The first kappa shape index (κ1) is 15.0. The molecule has 2 unspecified atom stereocenters. The Bertz CT molecular complexity index is 662. The Morgan fingerprint density at radius 3 is 2.91 bits per heavy atom. The van der Waals surface area contributed by atoms with Crippen molar-refractivity contribution in [3.05, 3.63) is 48.1 Å². The monoisotopic (exact) mass is 300 g/mol. The van der Waals surface area contributed by atoms with Crippen LogP contribution in [0.1, 0.15) is 51.1 Å². The molecule has 0 saturated carbocycles. The number of hydrogen-bond donors (Lipinski definition) is 1. The van der Waals surface area contributed by atoms with Gasteiger partial charge in [0, 0.05) is 23.1 Å². The molecule has 0 saturated heterocycles.